The Bertz CT molecular complexity index is 1160. The van der Waals surface area contributed by atoms with E-state index in [0.29, 0.717) is 0 Å². The molecule has 29 heavy (non-hydrogen) atoms. The van der Waals surface area contributed by atoms with Crippen molar-refractivity contribution in [2.24, 2.45) is 0 Å². The second-order valence-corrected chi connectivity index (χ2v) is 7.83. The molecule has 0 amide bonds. The zero-order valence-corrected chi connectivity index (χ0v) is 16.8. The van der Waals surface area contributed by atoms with Gasteiger partial charge in [-0.1, -0.05) is 36.4 Å². The molecule has 3 nitrogen and oxygen atoms in total. The van der Waals surface area contributed by atoms with Crippen LogP contribution >= 0.6 is 0 Å². The van der Waals surface area contributed by atoms with E-state index in [1.54, 1.807) is 12.1 Å². The highest BCUT2D eigenvalue weighted by Crippen LogP contribution is 2.30. The molecule has 0 atom stereocenters. The Labute approximate surface area is 171 Å². The summed E-state index contributed by atoms with van der Waals surface area (Å²) in [5.41, 5.74) is 4.68. The molecule has 2 heterocycles. The first kappa shape index (κ1) is 18.2. The van der Waals surface area contributed by atoms with Crippen LogP contribution in [0, 0.1) is 5.82 Å². The van der Waals surface area contributed by atoms with Gasteiger partial charge >= 0.3 is 0 Å². The van der Waals surface area contributed by atoms with E-state index in [4.69, 9.17) is 0 Å². The Morgan fingerprint density at radius 2 is 1.52 bits per heavy atom. The molecule has 0 unspecified atom stereocenters. The van der Waals surface area contributed by atoms with E-state index in [1.165, 1.54) is 27.4 Å². The minimum absolute atomic E-state index is 0.126. The predicted molar refractivity (Wildman–Crippen MR) is 119 cm³/mol. The lowest BCUT2D eigenvalue weighted by atomic mass is 10.1. The summed E-state index contributed by atoms with van der Waals surface area (Å²) >= 11 is 0. The monoisotopic (exact) mass is 387 g/mol. The number of para-hydroxylation sites is 2. The van der Waals surface area contributed by atoms with Gasteiger partial charge in [0.2, 0.25) is 0 Å². The Hall–Kier alpha value is -2.85. The van der Waals surface area contributed by atoms with Gasteiger partial charge in [0.05, 0.1) is 5.69 Å². The smallest absolute Gasteiger partial charge is 0.146 e. The normalized spacial score (nSPS) is 15.4. The van der Waals surface area contributed by atoms with Crippen molar-refractivity contribution in [3.8, 4) is 0 Å². The topological polar surface area (TPSA) is 11.4 Å². The van der Waals surface area contributed by atoms with Gasteiger partial charge in [-0.05, 0) is 42.8 Å². The molecular formula is C25H26FN3. The second kappa shape index (κ2) is 7.53. The van der Waals surface area contributed by atoms with Crippen LogP contribution < -0.4 is 4.90 Å². The van der Waals surface area contributed by atoms with Crippen molar-refractivity contribution in [3.05, 3.63) is 78.1 Å². The van der Waals surface area contributed by atoms with E-state index in [-0.39, 0.29) is 5.82 Å². The van der Waals surface area contributed by atoms with Gasteiger partial charge in [0.15, 0.2) is 0 Å². The lowest BCUT2D eigenvalue weighted by Gasteiger charge is -2.36. The quantitative estimate of drug-likeness (QED) is 0.472. The summed E-state index contributed by atoms with van der Waals surface area (Å²) in [6.45, 7) is 7.73. The molecule has 0 aliphatic carbocycles. The van der Waals surface area contributed by atoms with Gasteiger partial charge in [0, 0.05) is 61.1 Å². The number of hydrogen-bond acceptors (Lipinski definition) is 2. The van der Waals surface area contributed by atoms with Crippen LogP contribution in [0.4, 0.5) is 10.1 Å². The number of nitrogens with zero attached hydrogens (tertiary/aromatic N) is 3. The first-order chi connectivity index (χ1) is 14.2. The standard InChI is InChI=1S/C25H26FN3/c1-2-29-23-9-5-3-7-20(23)21-17-19(11-12-24(21)29)18-27-13-15-28(16-14-27)25-10-6-4-8-22(25)26/h3-12,17H,2,13-16,18H2,1H3. The molecule has 5 rings (SSSR count). The number of rotatable bonds is 4. The summed E-state index contributed by atoms with van der Waals surface area (Å²) in [6, 6.07) is 22.6. The number of aromatic nitrogens is 1. The summed E-state index contributed by atoms with van der Waals surface area (Å²) in [6.07, 6.45) is 0. The van der Waals surface area contributed by atoms with Crippen LogP contribution in [-0.2, 0) is 13.1 Å². The molecule has 0 saturated carbocycles. The van der Waals surface area contributed by atoms with Crippen LogP contribution in [0.3, 0.4) is 0 Å². The molecule has 1 aliphatic rings. The Morgan fingerprint density at radius 3 is 2.31 bits per heavy atom. The minimum atomic E-state index is -0.126. The largest absolute Gasteiger partial charge is 0.367 e. The van der Waals surface area contributed by atoms with E-state index >= 15 is 0 Å². The van der Waals surface area contributed by atoms with E-state index in [9.17, 15) is 4.39 Å². The molecule has 4 aromatic rings. The fourth-order valence-corrected chi connectivity index (χ4v) is 4.65. The van der Waals surface area contributed by atoms with E-state index in [2.05, 4.69) is 63.8 Å². The number of aryl methyl sites for hydroxylation is 1. The Kier molecular flexibility index (Phi) is 4.72. The highest BCUT2D eigenvalue weighted by molar-refractivity contribution is 6.08. The Morgan fingerprint density at radius 1 is 0.793 bits per heavy atom. The third-order valence-electron chi connectivity index (χ3n) is 6.12. The number of piperazine rings is 1. The molecule has 0 N–H and O–H groups in total. The maximum absolute atomic E-state index is 14.1. The fraction of sp³-hybridized carbons (Fsp3) is 0.280. The average molecular weight is 388 g/mol. The second-order valence-electron chi connectivity index (χ2n) is 7.83. The third kappa shape index (κ3) is 3.28. The Balaban J connectivity index is 1.35. The predicted octanol–water partition coefficient (Wildman–Crippen LogP) is 5.28. The molecule has 1 aromatic heterocycles. The van der Waals surface area contributed by atoms with Crippen LogP contribution in [0.5, 0.6) is 0 Å². The number of halogens is 1. The van der Waals surface area contributed by atoms with Crippen LogP contribution in [0.25, 0.3) is 21.8 Å². The molecule has 4 heteroatoms. The van der Waals surface area contributed by atoms with Gasteiger partial charge < -0.3 is 9.47 Å². The molecule has 1 fully saturated rings. The number of hydrogen-bond donors (Lipinski definition) is 0. The van der Waals surface area contributed by atoms with Crippen LogP contribution in [0.15, 0.2) is 66.7 Å². The van der Waals surface area contributed by atoms with Crippen molar-refractivity contribution in [2.75, 3.05) is 31.1 Å². The highest BCUT2D eigenvalue weighted by Gasteiger charge is 2.19. The summed E-state index contributed by atoms with van der Waals surface area (Å²) in [7, 11) is 0. The molecule has 148 valence electrons. The fourth-order valence-electron chi connectivity index (χ4n) is 4.65. The van der Waals surface area contributed by atoms with Crippen LogP contribution in [-0.4, -0.2) is 35.6 Å². The summed E-state index contributed by atoms with van der Waals surface area (Å²) in [4.78, 5) is 4.63. The van der Waals surface area contributed by atoms with Crippen molar-refractivity contribution < 1.29 is 4.39 Å². The van der Waals surface area contributed by atoms with Crippen LogP contribution in [0.1, 0.15) is 12.5 Å². The van der Waals surface area contributed by atoms with Crippen molar-refractivity contribution in [2.45, 2.75) is 20.0 Å². The SMILES string of the molecule is CCn1c2ccccc2c2cc(CN3CCN(c4ccccc4F)CC3)ccc21. The lowest BCUT2D eigenvalue weighted by Crippen LogP contribution is -2.46. The zero-order chi connectivity index (χ0) is 19.8. The van der Waals surface area contributed by atoms with Gasteiger partial charge in [0.1, 0.15) is 5.82 Å². The van der Waals surface area contributed by atoms with Gasteiger partial charge in [-0.25, -0.2) is 4.39 Å². The lowest BCUT2D eigenvalue weighted by molar-refractivity contribution is 0.249. The van der Waals surface area contributed by atoms with Crippen molar-refractivity contribution >= 4 is 27.5 Å². The van der Waals surface area contributed by atoms with Crippen molar-refractivity contribution in [1.82, 2.24) is 9.47 Å². The third-order valence-corrected chi connectivity index (χ3v) is 6.12. The van der Waals surface area contributed by atoms with Gasteiger partial charge in [-0.15, -0.1) is 0 Å². The summed E-state index contributed by atoms with van der Waals surface area (Å²) in [5, 5.41) is 2.67. The maximum Gasteiger partial charge on any atom is 0.146 e. The zero-order valence-electron chi connectivity index (χ0n) is 16.8. The molecule has 0 spiro atoms. The van der Waals surface area contributed by atoms with Crippen LogP contribution in [0.2, 0.25) is 0 Å². The summed E-state index contributed by atoms with van der Waals surface area (Å²) in [5.74, 6) is -0.126. The van der Waals surface area contributed by atoms with Gasteiger partial charge in [-0.3, -0.25) is 4.90 Å². The minimum Gasteiger partial charge on any atom is -0.367 e. The molecular weight excluding hydrogens is 361 g/mol. The van der Waals surface area contributed by atoms with E-state index in [1.807, 2.05) is 12.1 Å². The first-order valence-electron chi connectivity index (χ1n) is 10.5. The molecule has 3 aromatic carbocycles. The van der Waals surface area contributed by atoms with Crippen molar-refractivity contribution in [1.29, 1.82) is 0 Å². The molecule has 0 bridgehead atoms. The number of anilines is 1. The number of fused-ring (bicyclic) bond motifs is 3. The molecule has 1 aliphatic heterocycles. The van der Waals surface area contributed by atoms with Gasteiger partial charge in [-0.2, -0.15) is 0 Å². The number of benzene rings is 3. The first-order valence-corrected chi connectivity index (χ1v) is 10.5. The van der Waals surface area contributed by atoms with Crippen molar-refractivity contribution in [3.63, 3.8) is 0 Å². The average Bonchev–Trinajstić information content (AvgIpc) is 3.08. The maximum atomic E-state index is 14.1. The summed E-state index contributed by atoms with van der Waals surface area (Å²) < 4.78 is 16.5. The van der Waals surface area contributed by atoms with E-state index in [0.717, 1.165) is 45.0 Å². The van der Waals surface area contributed by atoms with E-state index < -0.39 is 0 Å². The van der Waals surface area contributed by atoms with Gasteiger partial charge in [0.25, 0.3) is 0 Å². The molecule has 1 saturated heterocycles. The molecule has 0 radical (unpaired) electrons. The highest BCUT2D eigenvalue weighted by atomic mass is 19.1.